The summed E-state index contributed by atoms with van der Waals surface area (Å²) in [6.07, 6.45) is 0. The standard InChI is InChI=1S/C7H15NO/c1-6-3-8(4-6)7(2)5-9/h6-7,9H,3-5H2,1-2H3/t7-/m0/s1. The third-order valence-corrected chi connectivity index (χ3v) is 1.98. The maximum absolute atomic E-state index is 8.71. The van der Waals surface area contributed by atoms with Gasteiger partial charge >= 0.3 is 0 Å². The molecule has 1 aliphatic heterocycles. The summed E-state index contributed by atoms with van der Waals surface area (Å²) < 4.78 is 0. The predicted molar refractivity (Wildman–Crippen MR) is 37.3 cm³/mol. The van der Waals surface area contributed by atoms with E-state index in [4.69, 9.17) is 5.11 Å². The molecule has 0 radical (unpaired) electrons. The highest BCUT2D eigenvalue weighted by molar-refractivity contribution is 4.79. The van der Waals surface area contributed by atoms with E-state index in [1.807, 2.05) is 0 Å². The van der Waals surface area contributed by atoms with Crippen molar-refractivity contribution in [3.63, 3.8) is 0 Å². The highest BCUT2D eigenvalue weighted by Crippen LogP contribution is 2.16. The molecule has 1 heterocycles. The number of likely N-dealkylation sites (tertiary alicyclic amines) is 1. The minimum Gasteiger partial charge on any atom is -0.395 e. The lowest BCUT2D eigenvalue weighted by atomic mass is 10.0. The summed E-state index contributed by atoms with van der Waals surface area (Å²) >= 11 is 0. The average Bonchev–Trinajstić information content (AvgIpc) is 1.79. The molecule has 0 aromatic carbocycles. The molecule has 1 fully saturated rings. The third-order valence-electron chi connectivity index (χ3n) is 1.98. The number of nitrogens with zero attached hydrogens (tertiary/aromatic N) is 1. The van der Waals surface area contributed by atoms with Crippen molar-refractivity contribution in [3.05, 3.63) is 0 Å². The Labute approximate surface area is 56.5 Å². The molecule has 0 amide bonds. The molecule has 54 valence electrons. The molecule has 9 heavy (non-hydrogen) atoms. The van der Waals surface area contributed by atoms with E-state index in [1.54, 1.807) is 0 Å². The Kier molecular flexibility index (Phi) is 2.09. The Bertz CT molecular complexity index is 88.9. The number of hydrogen-bond acceptors (Lipinski definition) is 2. The molecule has 1 rings (SSSR count). The SMILES string of the molecule is CC1CN([C@@H](C)CO)C1. The van der Waals surface area contributed by atoms with Crippen LogP contribution in [0.3, 0.4) is 0 Å². The van der Waals surface area contributed by atoms with Crippen LogP contribution in [0.15, 0.2) is 0 Å². The minimum atomic E-state index is 0.298. The second-order valence-electron chi connectivity index (χ2n) is 3.09. The summed E-state index contributed by atoms with van der Waals surface area (Å²) in [7, 11) is 0. The first-order valence-electron chi connectivity index (χ1n) is 3.59. The summed E-state index contributed by atoms with van der Waals surface area (Å²) in [6, 6.07) is 0.376. The number of aliphatic hydroxyl groups excluding tert-OH is 1. The Hall–Kier alpha value is -0.0800. The molecule has 1 saturated heterocycles. The van der Waals surface area contributed by atoms with Gasteiger partial charge in [0.1, 0.15) is 0 Å². The van der Waals surface area contributed by atoms with Crippen LogP contribution >= 0.6 is 0 Å². The van der Waals surface area contributed by atoms with Crippen molar-refractivity contribution in [2.75, 3.05) is 19.7 Å². The molecule has 0 aromatic heterocycles. The van der Waals surface area contributed by atoms with E-state index in [9.17, 15) is 0 Å². The lowest BCUT2D eigenvalue weighted by Crippen LogP contribution is -2.51. The Balaban J connectivity index is 2.15. The van der Waals surface area contributed by atoms with Gasteiger partial charge in [0.05, 0.1) is 6.61 Å². The molecule has 0 saturated carbocycles. The zero-order chi connectivity index (χ0) is 6.85. The van der Waals surface area contributed by atoms with Gasteiger partial charge in [-0.2, -0.15) is 0 Å². The lowest BCUT2D eigenvalue weighted by Gasteiger charge is -2.40. The Morgan fingerprint density at radius 1 is 1.67 bits per heavy atom. The number of hydrogen-bond donors (Lipinski definition) is 1. The van der Waals surface area contributed by atoms with Crippen molar-refractivity contribution in [2.45, 2.75) is 19.9 Å². The second-order valence-corrected chi connectivity index (χ2v) is 3.09. The van der Waals surface area contributed by atoms with Crippen molar-refractivity contribution in [2.24, 2.45) is 5.92 Å². The molecule has 0 bridgehead atoms. The largest absolute Gasteiger partial charge is 0.395 e. The zero-order valence-electron chi connectivity index (χ0n) is 6.17. The van der Waals surface area contributed by atoms with E-state index >= 15 is 0 Å². The molecule has 0 unspecified atom stereocenters. The molecule has 1 N–H and O–H groups in total. The Morgan fingerprint density at radius 3 is 2.56 bits per heavy atom. The molecular formula is C7H15NO. The first kappa shape index (κ1) is 7.03. The first-order chi connectivity index (χ1) is 4.24. The van der Waals surface area contributed by atoms with Gasteiger partial charge in [0.2, 0.25) is 0 Å². The van der Waals surface area contributed by atoms with Crippen LogP contribution in [-0.2, 0) is 0 Å². The summed E-state index contributed by atoms with van der Waals surface area (Å²) in [5.74, 6) is 0.846. The summed E-state index contributed by atoms with van der Waals surface area (Å²) in [4.78, 5) is 2.30. The summed E-state index contributed by atoms with van der Waals surface area (Å²) in [5.41, 5.74) is 0. The van der Waals surface area contributed by atoms with Gasteiger partial charge in [-0.05, 0) is 12.8 Å². The maximum Gasteiger partial charge on any atom is 0.0584 e. The second kappa shape index (κ2) is 2.67. The number of rotatable bonds is 2. The summed E-state index contributed by atoms with van der Waals surface area (Å²) in [6.45, 7) is 6.93. The van der Waals surface area contributed by atoms with E-state index in [0.29, 0.717) is 12.6 Å². The van der Waals surface area contributed by atoms with Crippen LogP contribution in [0.1, 0.15) is 13.8 Å². The summed E-state index contributed by atoms with van der Waals surface area (Å²) in [5, 5.41) is 8.71. The van der Waals surface area contributed by atoms with Crippen LogP contribution in [-0.4, -0.2) is 35.7 Å². The van der Waals surface area contributed by atoms with Crippen LogP contribution in [0.4, 0.5) is 0 Å². The molecule has 2 nitrogen and oxygen atoms in total. The highest BCUT2D eigenvalue weighted by atomic mass is 16.3. The van der Waals surface area contributed by atoms with Gasteiger partial charge < -0.3 is 5.11 Å². The van der Waals surface area contributed by atoms with Crippen LogP contribution < -0.4 is 0 Å². The molecular weight excluding hydrogens is 114 g/mol. The van der Waals surface area contributed by atoms with Crippen LogP contribution in [0, 0.1) is 5.92 Å². The molecule has 1 aliphatic rings. The van der Waals surface area contributed by atoms with Crippen molar-refractivity contribution < 1.29 is 5.11 Å². The highest BCUT2D eigenvalue weighted by Gasteiger charge is 2.25. The fourth-order valence-electron chi connectivity index (χ4n) is 1.22. The smallest absolute Gasteiger partial charge is 0.0584 e. The van der Waals surface area contributed by atoms with Gasteiger partial charge in [-0.15, -0.1) is 0 Å². The van der Waals surface area contributed by atoms with Gasteiger partial charge in [0.25, 0.3) is 0 Å². The monoisotopic (exact) mass is 129 g/mol. The van der Waals surface area contributed by atoms with E-state index in [-0.39, 0.29) is 0 Å². The zero-order valence-corrected chi connectivity index (χ0v) is 6.17. The minimum absolute atomic E-state index is 0.298. The Morgan fingerprint density at radius 2 is 2.22 bits per heavy atom. The molecule has 2 heteroatoms. The van der Waals surface area contributed by atoms with Crippen LogP contribution in [0.25, 0.3) is 0 Å². The maximum atomic E-state index is 8.71. The van der Waals surface area contributed by atoms with E-state index in [1.165, 1.54) is 13.1 Å². The molecule has 0 aliphatic carbocycles. The molecule has 0 spiro atoms. The normalized spacial score (nSPS) is 25.7. The lowest BCUT2D eigenvalue weighted by molar-refractivity contribution is 0.0405. The first-order valence-corrected chi connectivity index (χ1v) is 3.59. The van der Waals surface area contributed by atoms with E-state index < -0.39 is 0 Å². The van der Waals surface area contributed by atoms with E-state index in [0.717, 1.165) is 5.92 Å². The fraction of sp³-hybridized carbons (Fsp3) is 1.00. The topological polar surface area (TPSA) is 23.5 Å². The van der Waals surface area contributed by atoms with Gasteiger partial charge in [0.15, 0.2) is 0 Å². The van der Waals surface area contributed by atoms with Crippen LogP contribution in [0.2, 0.25) is 0 Å². The fourth-order valence-corrected chi connectivity index (χ4v) is 1.22. The molecule has 1 atom stereocenters. The van der Waals surface area contributed by atoms with Gasteiger partial charge in [-0.1, -0.05) is 6.92 Å². The van der Waals surface area contributed by atoms with Crippen molar-refractivity contribution in [1.82, 2.24) is 4.90 Å². The average molecular weight is 129 g/mol. The van der Waals surface area contributed by atoms with Crippen molar-refractivity contribution in [3.8, 4) is 0 Å². The molecule has 0 aromatic rings. The van der Waals surface area contributed by atoms with E-state index in [2.05, 4.69) is 18.7 Å². The third kappa shape index (κ3) is 1.43. The predicted octanol–water partition coefficient (Wildman–Crippen LogP) is 0.319. The quantitative estimate of drug-likeness (QED) is 0.580. The number of aliphatic hydroxyl groups is 1. The van der Waals surface area contributed by atoms with Gasteiger partial charge in [-0.25, -0.2) is 0 Å². The van der Waals surface area contributed by atoms with Crippen molar-refractivity contribution >= 4 is 0 Å². The van der Waals surface area contributed by atoms with Gasteiger partial charge in [-0.3, -0.25) is 4.90 Å². The van der Waals surface area contributed by atoms with Gasteiger partial charge in [0, 0.05) is 19.1 Å². The van der Waals surface area contributed by atoms with Crippen LogP contribution in [0.5, 0.6) is 0 Å². The van der Waals surface area contributed by atoms with Crippen molar-refractivity contribution in [1.29, 1.82) is 0 Å².